The van der Waals surface area contributed by atoms with Crippen LogP contribution in [0, 0.1) is 6.92 Å². The molecule has 2 unspecified atom stereocenters. The number of aryl methyl sites for hydroxylation is 1. The van der Waals surface area contributed by atoms with Gasteiger partial charge in [-0.25, -0.2) is 9.78 Å². The summed E-state index contributed by atoms with van der Waals surface area (Å²) >= 11 is 1.73. The highest BCUT2D eigenvalue weighted by molar-refractivity contribution is 7.11. The fourth-order valence-electron chi connectivity index (χ4n) is 2.70. The molecule has 1 heterocycles. The van der Waals surface area contributed by atoms with E-state index in [1.54, 1.807) is 11.3 Å². The highest BCUT2D eigenvalue weighted by Gasteiger charge is 2.25. The van der Waals surface area contributed by atoms with Gasteiger partial charge in [0, 0.05) is 29.7 Å². The second kappa shape index (κ2) is 7.42. The van der Waals surface area contributed by atoms with E-state index < -0.39 is 5.60 Å². The molecule has 6 heteroatoms. The zero-order valence-corrected chi connectivity index (χ0v) is 14.8. The van der Waals surface area contributed by atoms with Crippen molar-refractivity contribution in [3.63, 3.8) is 0 Å². The Morgan fingerprint density at radius 3 is 2.77 bits per heavy atom. The number of hydrogen-bond donors (Lipinski definition) is 2. The molecule has 5 nitrogen and oxygen atoms in total. The number of alkyl carbamates (subject to hydrolysis) is 1. The number of nitrogens with one attached hydrogen (secondary N) is 2. The van der Waals surface area contributed by atoms with Gasteiger partial charge >= 0.3 is 6.09 Å². The first-order chi connectivity index (χ1) is 10.3. The van der Waals surface area contributed by atoms with Crippen LogP contribution in [-0.4, -0.2) is 28.8 Å². The van der Waals surface area contributed by atoms with E-state index >= 15 is 0 Å². The van der Waals surface area contributed by atoms with Crippen LogP contribution in [0.15, 0.2) is 6.20 Å². The van der Waals surface area contributed by atoms with Gasteiger partial charge in [-0.15, -0.1) is 11.3 Å². The van der Waals surface area contributed by atoms with Gasteiger partial charge < -0.3 is 15.4 Å². The highest BCUT2D eigenvalue weighted by Crippen LogP contribution is 2.20. The molecule has 1 aliphatic rings. The summed E-state index contributed by atoms with van der Waals surface area (Å²) < 4.78 is 5.33. The number of hydrogen-bond acceptors (Lipinski definition) is 5. The lowest BCUT2D eigenvalue weighted by Gasteiger charge is -2.31. The van der Waals surface area contributed by atoms with E-state index in [0.717, 1.165) is 37.2 Å². The molecule has 1 aromatic rings. The lowest BCUT2D eigenvalue weighted by molar-refractivity contribution is 0.0488. The number of amides is 1. The monoisotopic (exact) mass is 325 g/mol. The Balaban J connectivity index is 1.75. The summed E-state index contributed by atoms with van der Waals surface area (Å²) in [4.78, 5) is 17.5. The largest absolute Gasteiger partial charge is 0.444 e. The minimum Gasteiger partial charge on any atom is -0.444 e. The quantitative estimate of drug-likeness (QED) is 0.891. The molecule has 124 valence electrons. The Morgan fingerprint density at radius 2 is 2.14 bits per heavy atom. The molecule has 0 aromatic carbocycles. The standard InChI is InChI=1S/C16H27N3O2S/c1-11-9-18-14(22-11)10-17-12-6-5-7-13(8-12)19-15(20)21-16(2,3)4/h9,12-13,17H,5-8,10H2,1-4H3,(H,19,20). The Labute approximate surface area is 136 Å². The van der Waals surface area contributed by atoms with E-state index in [4.69, 9.17) is 4.74 Å². The number of thiazole rings is 1. The van der Waals surface area contributed by atoms with Gasteiger partial charge in [-0.3, -0.25) is 0 Å². The molecule has 0 bridgehead atoms. The Morgan fingerprint density at radius 1 is 1.41 bits per heavy atom. The molecule has 1 fully saturated rings. The molecule has 0 radical (unpaired) electrons. The molecule has 0 spiro atoms. The molecule has 2 atom stereocenters. The van der Waals surface area contributed by atoms with Crippen molar-refractivity contribution in [3.05, 3.63) is 16.1 Å². The number of rotatable bonds is 4. The third kappa shape index (κ3) is 5.93. The van der Waals surface area contributed by atoms with E-state index in [-0.39, 0.29) is 12.1 Å². The normalized spacial score (nSPS) is 22.4. The van der Waals surface area contributed by atoms with Gasteiger partial charge in [-0.2, -0.15) is 0 Å². The van der Waals surface area contributed by atoms with Crippen molar-refractivity contribution in [3.8, 4) is 0 Å². The summed E-state index contributed by atoms with van der Waals surface area (Å²) in [5.74, 6) is 0. The van der Waals surface area contributed by atoms with Crippen molar-refractivity contribution in [2.75, 3.05) is 0 Å². The van der Waals surface area contributed by atoms with Crippen LogP contribution < -0.4 is 10.6 Å². The van der Waals surface area contributed by atoms with Gasteiger partial charge in [0.05, 0.1) is 0 Å². The predicted octanol–water partition coefficient (Wildman–Crippen LogP) is 3.38. The van der Waals surface area contributed by atoms with Gasteiger partial charge in [0.1, 0.15) is 10.6 Å². The van der Waals surface area contributed by atoms with Crippen molar-refractivity contribution >= 4 is 17.4 Å². The highest BCUT2D eigenvalue weighted by atomic mass is 32.1. The lowest BCUT2D eigenvalue weighted by Crippen LogP contribution is -2.45. The molecule has 1 aromatic heterocycles. The van der Waals surface area contributed by atoms with Crippen LogP contribution >= 0.6 is 11.3 Å². The van der Waals surface area contributed by atoms with Gasteiger partial charge in [0.2, 0.25) is 0 Å². The first kappa shape index (κ1) is 17.2. The Hall–Kier alpha value is -1.14. The number of aromatic nitrogens is 1. The summed E-state index contributed by atoms with van der Waals surface area (Å²) in [5.41, 5.74) is -0.445. The van der Waals surface area contributed by atoms with E-state index in [2.05, 4.69) is 22.5 Å². The first-order valence-electron chi connectivity index (χ1n) is 7.96. The van der Waals surface area contributed by atoms with Crippen LogP contribution in [0.25, 0.3) is 0 Å². The Bertz CT molecular complexity index is 496. The molecule has 1 saturated carbocycles. The van der Waals surface area contributed by atoms with Crippen molar-refractivity contribution < 1.29 is 9.53 Å². The molecule has 0 saturated heterocycles. The average molecular weight is 325 g/mol. The summed E-state index contributed by atoms with van der Waals surface area (Å²) in [7, 11) is 0. The van der Waals surface area contributed by atoms with Gasteiger partial charge in [0.25, 0.3) is 0 Å². The van der Waals surface area contributed by atoms with E-state index in [9.17, 15) is 4.79 Å². The van der Waals surface area contributed by atoms with Crippen LogP contribution in [0.2, 0.25) is 0 Å². The smallest absolute Gasteiger partial charge is 0.407 e. The van der Waals surface area contributed by atoms with Crippen molar-refractivity contribution in [2.45, 2.75) is 77.6 Å². The van der Waals surface area contributed by atoms with Crippen molar-refractivity contribution in [2.24, 2.45) is 0 Å². The summed E-state index contributed by atoms with van der Waals surface area (Å²) in [6.07, 6.45) is 5.84. The summed E-state index contributed by atoms with van der Waals surface area (Å²) in [6.45, 7) is 8.53. The minimum atomic E-state index is -0.445. The van der Waals surface area contributed by atoms with Gasteiger partial charge in [-0.05, 0) is 53.4 Å². The maximum Gasteiger partial charge on any atom is 0.407 e. The molecule has 22 heavy (non-hydrogen) atoms. The SMILES string of the molecule is Cc1cnc(CNC2CCCC(NC(=O)OC(C)(C)C)C2)s1. The van der Waals surface area contributed by atoms with Crippen LogP contribution in [0.4, 0.5) is 4.79 Å². The second-order valence-corrected chi connectivity index (χ2v) is 8.27. The molecular formula is C16H27N3O2S. The lowest BCUT2D eigenvalue weighted by atomic mass is 9.91. The minimum absolute atomic E-state index is 0.194. The third-order valence-corrected chi connectivity index (χ3v) is 4.52. The fourth-order valence-corrected chi connectivity index (χ4v) is 3.43. The van der Waals surface area contributed by atoms with E-state index in [0.29, 0.717) is 6.04 Å². The van der Waals surface area contributed by atoms with E-state index in [1.165, 1.54) is 4.88 Å². The maximum atomic E-state index is 11.9. The molecule has 2 N–H and O–H groups in total. The van der Waals surface area contributed by atoms with Gasteiger partial charge in [0.15, 0.2) is 0 Å². The third-order valence-electron chi connectivity index (χ3n) is 3.61. The number of carbonyl (C=O) groups is 1. The van der Waals surface area contributed by atoms with E-state index in [1.807, 2.05) is 27.0 Å². The number of ether oxygens (including phenoxy) is 1. The first-order valence-corrected chi connectivity index (χ1v) is 8.78. The molecular weight excluding hydrogens is 298 g/mol. The van der Waals surface area contributed by atoms with Crippen LogP contribution in [0.5, 0.6) is 0 Å². The molecule has 1 aliphatic carbocycles. The zero-order chi connectivity index (χ0) is 16.2. The summed E-state index contributed by atoms with van der Waals surface area (Å²) in [5, 5.41) is 7.68. The Kier molecular flexibility index (Phi) is 5.81. The van der Waals surface area contributed by atoms with Crippen LogP contribution in [0.1, 0.15) is 56.3 Å². The van der Waals surface area contributed by atoms with Crippen LogP contribution in [-0.2, 0) is 11.3 Å². The van der Waals surface area contributed by atoms with Crippen LogP contribution in [0.3, 0.4) is 0 Å². The molecule has 0 aliphatic heterocycles. The second-order valence-electron chi connectivity index (χ2n) is 6.95. The summed E-state index contributed by atoms with van der Waals surface area (Å²) in [6, 6.07) is 0.622. The predicted molar refractivity (Wildman–Crippen MR) is 89.1 cm³/mol. The van der Waals surface area contributed by atoms with Gasteiger partial charge in [-0.1, -0.05) is 0 Å². The topological polar surface area (TPSA) is 63.2 Å². The number of carbonyl (C=O) groups excluding carboxylic acids is 1. The van der Waals surface area contributed by atoms with Crippen molar-refractivity contribution in [1.82, 2.24) is 15.6 Å². The number of nitrogens with zero attached hydrogens (tertiary/aromatic N) is 1. The van der Waals surface area contributed by atoms with Crippen molar-refractivity contribution in [1.29, 1.82) is 0 Å². The zero-order valence-electron chi connectivity index (χ0n) is 13.9. The fraction of sp³-hybridized carbons (Fsp3) is 0.750. The maximum absolute atomic E-state index is 11.9. The molecule has 2 rings (SSSR count). The molecule has 1 amide bonds. The average Bonchev–Trinajstić information content (AvgIpc) is 2.80.